The number of hydrogen-bond acceptors (Lipinski definition) is 0. The molecule has 2 nitrogen and oxygen atoms in total. The van der Waals surface area contributed by atoms with Crippen LogP contribution in [0.1, 0.15) is 25.0 Å². The smallest absolute Gasteiger partial charge is 0.0548 e. The molecule has 0 N–H and O–H groups in total. The van der Waals surface area contributed by atoms with Crippen LogP contribution in [0, 0.1) is 0 Å². The van der Waals surface area contributed by atoms with Crippen molar-refractivity contribution in [3.05, 3.63) is 193 Å². The highest BCUT2D eigenvalue weighted by atomic mass is 15.0. The van der Waals surface area contributed by atoms with Crippen molar-refractivity contribution < 1.29 is 0 Å². The molecule has 0 radical (unpaired) electrons. The summed E-state index contributed by atoms with van der Waals surface area (Å²) in [5, 5.41) is 5.10. The molecular formula is C51H36N2. The topological polar surface area (TPSA) is 9.86 Å². The minimum Gasteiger partial charge on any atom is -0.309 e. The second-order valence-corrected chi connectivity index (χ2v) is 14.9. The van der Waals surface area contributed by atoms with E-state index in [9.17, 15) is 0 Å². The Bertz CT molecular complexity index is 3060. The van der Waals surface area contributed by atoms with Crippen LogP contribution in [-0.4, -0.2) is 9.13 Å². The Morgan fingerprint density at radius 1 is 0.358 bits per heavy atom. The van der Waals surface area contributed by atoms with Gasteiger partial charge in [-0.3, -0.25) is 0 Å². The van der Waals surface area contributed by atoms with Gasteiger partial charge in [-0.1, -0.05) is 147 Å². The Morgan fingerprint density at radius 2 is 0.906 bits per heavy atom. The zero-order valence-electron chi connectivity index (χ0n) is 29.7. The first-order chi connectivity index (χ1) is 26.1. The van der Waals surface area contributed by atoms with Crippen molar-refractivity contribution in [2.24, 2.45) is 0 Å². The fourth-order valence-electron chi connectivity index (χ4n) is 9.31. The van der Waals surface area contributed by atoms with Gasteiger partial charge in [0.05, 0.1) is 22.1 Å². The molecule has 11 rings (SSSR count). The Labute approximate surface area is 308 Å². The fraction of sp³-hybridized carbons (Fsp3) is 0.0588. The van der Waals surface area contributed by atoms with Gasteiger partial charge in [-0.15, -0.1) is 0 Å². The van der Waals surface area contributed by atoms with Crippen LogP contribution in [0.2, 0.25) is 0 Å². The number of hydrogen-bond donors (Lipinski definition) is 0. The van der Waals surface area contributed by atoms with Gasteiger partial charge in [-0.05, 0) is 93.0 Å². The maximum atomic E-state index is 2.45. The van der Waals surface area contributed by atoms with Crippen LogP contribution >= 0.6 is 0 Å². The molecule has 2 heterocycles. The van der Waals surface area contributed by atoms with Gasteiger partial charge < -0.3 is 9.13 Å². The molecule has 0 spiro atoms. The lowest BCUT2D eigenvalue weighted by atomic mass is 9.82. The molecule has 0 atom stereocenters. The molecule has 0 fully saturated rings. The normalized spacial score (nSPS) is 13.2. The van der Waals surface area contributed by atoms with Crippen molar-refractivity contribution in [3.8, 4) is 44.8 Å². The molecule has 2 heteroatoms. The van der Waals surface area contributed by atoms with Crippen LogP contribution in [0.15, 0.2) is 182 Å². The van der Waals surface area contributed by atoms with E-state index in [1.807, 2.05) is 0 Å². The van der Waals surface area contributed by atoms with Gasteiger partial charge in [-0.25, -0.2) is 0 Å². The number of benzene rings is 8. The highest BCUT2D eigenvalue weighted by molar-refractivity contribution is 6.28. The van der Waals surface area contributed by atoms with Crippen LogP contribution in [0.4, 0.5) is 0 Å². The third-order valence-corrected chi connectivity index (χ3v) is 11.7. The zero-order valence-corrected chi connectivity index (χ0v) is 29.7. The van der Waals surface area contributed by atoms with Gasteiger partial charge in [0, 0.05) is 38.3 Å². The van der Waals surface area contributed by atoms with Crippen molar-refractivity contribution >= 4 is 43.6 Å². The van der Waals surface area contributed by atoms with E-state index in [0.29, 0.717) is 0 Å². The average Bonchev–Trinajstić information content (AvgIpc) is 3.82. The number of para-hydroxylation sites is 2. The summed E-state index contributed by atoms with van der Waals surface area (Å²) in [6.45, 7) is 4.70. The molecule has 8 aromatic carbocycles. The zero-order chi connectivity index (χ0) is 35.3. The summed E-state index contributed by atoms with van der Waals surface area (Å²) >= 11 is 0. The number of fused-ring (bicyclic) bond motifs is 10. The first-order valence-corrected chi connectivity index (χ1v) is 18.5. The van der Waals surface area contributed by atoms with Gasteiger partial charge in [0.1, 0.15) is 0 Å². The minimum absolute atomic E-state index is 0.0238. The molecule has 0 saturated carbocycles. The third kappa shape index (κ3) is 4.27. The van der Waals surface area contributed by atoms with E-state index in [4.69, 9.17) is 0 Å². The fourth-order valence-corrected chi connectivity index (χ4v) is 9.31. The molecule has 53 heavy (non-hydrogen) atoms. The highest BCUT2D eigenvalue weighted by Crippen LogP contribution is 2.52. The molecule has 2 aromatic heterocycles. The molecular weight excluding hydrogens is 641 g/mol. The van der Waals surface area contributed by atoms with E-state index in [0.717, 1.165) is 11.4 Å². The lowest BCUT2D eigenvalue weighted by Gasteiger charge is -2.21. The van der Waals surface area contributed by atoms with E-state index >= 15 is 0 Å². The summed E-state index contributed by atoms with van der Waals surface area (Å²) in [6, 6.07) is 66.9. The van der Waals surface area contributed by atoms with Crippen LogP contribution < -0.4 is 0 Å². The van der Waals surface area contributed by atoms with Crippen molar-refractivity contribution in [3.63, 3.8) is 0 Å². The van der Waals surface area contributed by atoms with Gasteiger partial charge in [0.25, 0.3) is 0 Å². The van der Waals surface area contributed by atoms with Crippen LogP contribution in [-0.2, 0) is 5.41 Å². The Kier molecular flexibility index (Phi) is 6.33. The number of aromatic nitrogens is 2. The van der Waals surface area contributed by atoms with Gasteiger partial charge in [-0.2, -0.15) is 0 Å². The molecule has 1 aliphatic rings. The van der Waals surface area contributed by atoms with E-state index < -0.39 is 0 Å². The van der Waals surface area contributed by atoms with Crippen molar-refractivity contribution in [2.45, 2.75) is 19.3 Å². The van der Waals surface area contributed by atoms with E-state index in [2.05, 4.69) is 205 Å². The predicted molar refractivity (Wildman–Crippen MR) is 224 cm³/mol. The average molecular weight is 677 g/mol. The van der Waals surface area contributed by atoms with E-state index in [-0.39, 0.29) is 5.41 Å². The third-order valence-electron chi connectivity index (χ3n) is 11.7. The van der Waals surface area contributed by atoms with Crippen molar-refractivity contribution in [2.75, 3.05) is 0 Å². The summed E-state index contributed by atoms with van der Waals surface area (Å²) in [5.41, 5.74) is 17.6. The Hall–Kier alpha value is -6.64. The monoisotopic (exact) mass is 676 g/mol. The second-order valence-electron chi connectivity index (χ2n) is 14.9. The summed E-state index contributed by atoms with van der Waals surface area (Å²) in [4.78, 5) is 0. The quantitative estimate of drug-likeness (QED) is 0.176. The highest BCUT2D eigenvalue weighted by Gasteiger charge is 2.36. The van der Waals surface area contributed by atoms with E-state index in [1.165, 1.54) is 88.1 Å². The SMILES string of the molecule is CC1(C)c2ccccc2-c2c(-c3ccc(-n4c5ccccc5c5c6c7ccccc7n(-c7cccc(-c8ccccc8)c7)c6ccc54)cc3)cccc21. The molecule has 0 unspecified atom stereocenters. The van der Waals surface area contributed by atoms with Crippen molar-refractivity contribution in [1.29, 1.82) is 0 Å². The molecule has 0 aliphatic heterocycles. The molecule has 0 amide bonds. The maximum absolute atomic E-state index is 2.45. The second kappa shape index (κ2) is 11.2. The summed E-state index contributed by atoms with van der Waals surface area (Å²) in [5.74, 6) is 0. The van der Waals surface area contributed by atoms with Crippen molar-refractivity contribution in [1.82, 2.24) is 9.13 Å². The Balaban J connectivity index is 1.11. The summed E-state index contributed by atoms with van der Waals surface area (Å²) in [6.07, 6.45) is 0. The first-order valence-electron chi connectivity index (χ1n) is 18.5. The molecule has 10 aromatic rings. The van der Waals surface area contributed by atoms with Gasteiger partial charge >= 0.3 is 0 Å². The molecule has 0 saturated heterocycles. The molecule has 0 bridgehead atoms. The lowest BCUT2D eigenvalue weighted by molar-refractivity contribution is 0.660. The minimum atomic E-state index is -0.0238. The Morgan fingerprint density at radius 3 is 1.62 bits per heavy atom. The number of rotatable bonds is 4. The standard InChI is InChI=1S/C51H36N2/c1-51(2)42-22-9-6-18-39(42)48-38(21-13-23-43(48)51)34-26-28-36(29-27-34)52-44-24-10-7-19-40(44)49-46(52)30-31-47-50(49)41-20-8-11-25-45(41)53(47)37-17-12-16-35(32-37)33-14-4-3-5-15-33/h3-32H,1-2H3. The number of nitrogens with zero attached hydrogens (tertiary/aromatic N) is 2. The van der Waals surface area contributed by atoms with Crippen LogP contribution in [0.25, 0.3) is 88.4 Å². The van der Waals surface area contributed by atoms with Gasteiger partial charge in [0.15, 0.2) is 0 Å². The van der Waals surface area contributed by atoms with Crippen LogP contribution in [0.3, 0.4) is 0 Å². The molecule has 1 aliphatic carbocycles. The summed E-state index contributed by atoms with van der Waals surface area (Å²) < 4.78 is 4.89. The molecule has 250 valence electrons. The first kappa shape index (κ1) is 30.0. The maximum Gasteiger partial charge on any atom is 0.0548 e. The lowest BCUT2D eigenvalue weighted by Crippen LogP contribution is -2.14. The summed E-state index contributed by atoms with van der Waals surface area (Å²) in [7, 11) is 0. The van der Waals surface area contributed by atoms with Gasteiger partial charge in [0.2, 0.25) is 0 Å². The largest absolute Gasteiger partial charge is 0.309 e. The van der Waals surface area contributed by atoms with Crippen LogP contribution in [0.5, 0.6) is 0 Å². The van der Waals surface area contributed by atoms with E-state index in [1.54, 1.807) is 0 Å². The predicted octanol–water partition coefficient (Wildman–Crippen LogP) is 13.5.